The smallest absolute Gasteiger partial charge is 0.231 e. The Bertz CT molecular complexity index is 1140. The molecule has 4 rings (SSSR count). The molecule has 0 radical (unpaired) electrons. The van der Waals surface area contributed by atoms with E-state index in [1.807, 2.05) is 10.9 Å². The Labute approximate surface area is 198 Å². The highest BCUT2D eigenvalue weighted by molar-refractivity contribution is 5.86. The number of unbranched alkanes of at least 4 members (excludes halogenated alkanes) is 1. The van der Waals surface area contributed by atoms with Crippen LogP contribution in [0.1, 0.15) is 49.8 Å². The molecular weight excluding hydrogens is 434 g/mol. The number of primary amides is 1. The Hall–Kier alpha value is -3.47. The number of methoxy groups -OCH3 is 1. The summed E-state index contributed by atoms with van der Waals surface area (Å²) in [6.07, 6.45) is 7.62. The van der Waals surface area contributed by atoms with Gasteiger partial charge in [0, 0.05) is 12.7 Å². The SMILES string of the molecule is CCCCNc1nc(N)nc2cnn(Cc3ncc(C4CCN(CC(N)=O)CC4)cc3OC)c12. The molecule has 5 N–H and O–H groups in total. The number of carbonyl (C=O) groups excluding carboxylic acids is 1. The van der Waals surface area contributed by atoms with E-state index in [9.17, 15) is 4.79 Å². The molecule has 1 amide bonds. The van der Waals surface area contributed by atoms with E-state index < -0.39 is 0 Å². The van der Waals surface area contributed by atoms with Crippen molar-refractivity contribution < 1.29 is 9.53 Å². The van der Waals surface area contributed by atoms with Gasteiger partial charge in [-0.25, -0.2) is 4.98 Å². The van der Waals surface area contributed by atoms with Crippen LogP contribution in [-0.2, 0) is 11.3 Å². The zero-order valence-electron chi connectivity index (χ0n) is 19.8. The van der Waals surface area contributed by atoms with Gasteiger partial charge in [-0.2, -0.15) is 10.1 Å². The summed E-state index contributed by atoms with van der Waals surface area (Å²) in [4.78, 5) is 26.7. The largest absolute Gasteiger partial charge is 0.495 e. The molecule has 11 heteroatoms. The molecule has 0 spiro atoms. The van der Waals surface area contributed by atoms with Gasteiger partial charge in [0.25, 0.3) is 0 Å². The summed E-state index contributed by atoms with van der Waals surface area (Å²) in [5.41, 5.74) is 14.6. The molecule has 3 aromatic rings. The monoisotopic (exact) mass is 467 g/mol. The molecule has 1 aliphatic rings. The first-order valence-corrected chi connectivity index (χ1v) is 11.7. The number of rotatable bonds is 10. The number of anilines is 2. The van der Waals surface area contributed by atoms with Gasteiger partial charge in [-0.3, -0.25) is 19.4 Å². The first-order chi connectivity index (χ1) is 16.5. The molecule has 1 saturated heterocycles. The van der Waals surface area contributed by atoms with Gasteiger partial charge in [-0.1, -0.05) is 13.3 Å². The number of piperidine rings is 1. The van der Waals surface area contributed by atoms with Crippen LogP contribution in [0.3, 0.4) is 0 Å². The number of hydrogen-bond acceptors (Lipinski definition) is 9. The second-order valence-electron chi connectivity index (χ2n) is 8.68. The highest BCUT2D eigenvalue weighted by Crippen LogP contribution is 2.31. The van der Waals surface area contributed by atoms with Gasteiger partial charge in [0.1, 0.15) is 22.5 Å². The van der Waals surface area contributed by atoms with Crippen LogP contribution in [0.5, 0.6) is 5.75 Å². The third kappa shape index (κ3) is 5.36. The van der Waals surface area contributed by atoms with Crippen LogP contribution in [0.25, 0.3) is 11.0 Å². The number of amides is 1. The Kier molecular flexibility index (Phi) is 7.41. The summed E-state index contributed by atoms with van der Waals surface area (Å²) >= 11 is 0. The van der Waals surface area contributed by atoms with E-state index in [0.717, 1.165) is 67.8 Å². The minimum atomic E-state index is -0.283. The Balaban J connectivity index is 1.54. The zero-order valence-corrected chi connectivity index (χ0v) is 19.8. The Morgan fingerprint density at radius 1 is 1.26 bits per heavy atom. The van der Waals surface area contributed by atoms with E-state index in [4.69, 9.17) is 21.2 Å². The highest BCUT2D eigenvalue weighted by atomic mass is 16.5. The van der Waals surface area contributed by atoms with Crippen molar-refractivity contribution in [2.45, 2.75) is 45.1 Å². The number of aromatic nitrogens is 5. The summed E-state index contributed by atoms with van der Waals surface area (Å²) in [6.45, 7) is 5.35. The van der Waals surface area contributed by atoms with E-state index in [1.165, 1.54) is 0 Å². The summed E-state index contributed by atoms with van der Waals surface area (Å²) < 4.78 is 7.53. The second-order valence-corrected chi connectivity index (χ2v) is 8.68. The number of likely N-dealkylation sites (tertiary alicyclic amines) is 1. The molecule has 0 unspecified atom stereocenters. The average molecular weight is 468 g/mol. The van der Waals surface area contributed by atoms with E-state index in [0.29, 0.717) is 30.3 Å². The number of pyridine rings is 1. The van der Waals surface area contributed by atoms with Gasteiger partial charge in [0.2, 0.25) is 11.9 Å². The molecule has 3 aromatic heterocycles. The molecule has 1 fully saturated rings. The van der Waals surface area contributed by atoms with Crippen LogP contribution in [0, 0.1) is 0 Å². The maximum absolute atomic E-state index is 11.2. The molecule has 4 heterocycles. The van der Waals surface area contributed by atoms with E-state index in [1.54, 1.807) is 13.3 Å². The van der Waals surface area contributed by atoms with E-state index in [2.05, 4.69) is 38.3 Å². The van der Waals surface area contributed by atoms with Crippen LogP contribution in [0.2, 0.25) is 0 Å². The minimum absolute atomic E-state index is 0.216. The summed E-state index contributed by atoms with van der Waals surface area (Å²) in [5.74, 6) is 1.70. The maximum Gasteiger partial charge on any atom is 0.231 e. The van der Waals surface area contributed by atoms with Gasteiger partial charge in [-0.05, 0) is 49.9 Å². The van der Waals surface area contributed by atoms with Crippen LogP contribution < -0.4 is 21.5 Å². The minimum Gasteiger partial charge on any atom is -0.495 e. The van der Waals surface area contributed by atoms with Gasteiger partial charge in [-0.15, -0.1) is 0 Å². The van der Waals surface area contributed by atoms with Crippen molar-refractivity contribution in [3.05, 3.63) is 29.7 Å². The normalized spacial score (nSPS) is 15.0. The quantitative estimate of drug-likeness (QED) is 0.379. The van der Waals surface area contributed by atoms with Crippen LogP contribution in [0.15, 0.2) is 18.5 Å². The van der Waals surface area contributed by atoms with Crippen molar-refractivity contribution in [2.75, 3.05) is 44.3 Å². The van der Waals surface area contributed by atoms with Gasteiger partial charge < -0.3 is 21.5 Å². The Morgan fingerprint density at radius 2 is 2.06 bits per heavy atom. The van der Waals surface area contributed by atoms with E-state index in [-0.39, 0.29) is 11.9 Å². The second kappa shape index (κ2) is 10.6. The first kappa shape index (κ1) is 23.7. The highest BCUT2D eigenvalue weighted by Gasteiger charge is 2.23. The lowest BCUT2D eigenvalue weighted by Crippen LogP contribution is -2.39. The standard InChI is InChI=1S/C23H33N9O2/c1-3-4-7-26-22-21-17(29-23(25)30-22)12-28-32(21)13-18-19(34-2)10-16(11-27-18)15-5-8-31(9-6-15)14-20(24)33/h10-12,15H,3-9,13-14H2,1-2H3,(H2,24,33)(H3,25,26,29,30). The molecule has 34 heavy (non-hydrogen) atoms. The molecule has 11 nitrogen and oxygen atoms in total. The zero-order chi connectivity index (χ0) is 24.1. The lowest BCUT2D eigenvalue weighted by molar-refractivity contribution is -0.119. The van der Waals surface area contributed by atoms with Gasteiger partial charge in [0.05, 0.1) is 26.4 Å². The van der Waals surface area contributed by atoms with Crippen LogP contribution >= 0.6 is 0 Å². The lowest BCUT2D eigenvalue weighted by Gasteiger charge is -2.31. The van der Waals surface area contributed by atoms with Crippen LogP contribution in [0.4, 0.5) is 11.8 Å². The molecule has 0 aromatic carbocycles. The number of nitrogens with two attached hydrogens (primary N) is 2. The third-order valence-electron chi connectivity index (χ3n) is 6.24. The molecule has 1 aliphatic heterocycles. The number of carbonyl (C=O) groups is 1. The van der Waals surface area contributed by atoms with Crippen molar-refractivity contribution in [1.29, 1.82) is 0 Å². The lowest BCUT2D eigenvalue weighted by atomic mass is 9.90. The molecule has 0 bridgehead atoms. The fraction of sp³-hybridized carbons (Fsp3) is 0.522. The number of nitrogens with one attached hydrogen (secondary N) is 1. The van der Waals surface area contributed by atoms with Crippen molar-refractivity contribution in [3.63, 3.8) is 0 Å². The van der Waals surface area contributed by atoms with E-state index >= 15 is 0 Å². The number of ether oxygens (including phenoxy) is 1. The summed E-state index contributed by atoms with van der Waals surface area (Å²) in [7, 11) is 1.66. The average Bonchev–Trinajstić information content (AvgIpc) is 3.22. The predicted molar refractivity (Wildman–Crippen MR) is 131 cm³/mol. The number of fused-ring (bicyclic) bond motifs is 1. The van der Waals surface area contributed by atoms with Crippen molar-refractivity contribution >= 4 is 28.7 Å². The van der Waals surface area contributed by atoms with Crippen molar-refractivity contribution in [3.8, 4) is 5.75 Å². The predicted octanol–water partition coefficient (Wildman–Crippen LogP) is 1.74. The molecular formula is C23H33N9O2. The third-order valence-corrected chi connectivity index (χ3v) is 6.24. The number of hydrogen-bond donors (Lipinski definition) is 3. The van der Waals surface area contributed by atoms with Crippen LogP contribution in [-0.4, -0.2) is 68.8 Å². The first-order valence-electron chi connectivity index (χ1n) is 11.7. The number of nitrogen functional groups attached to an aromatic ring is 1. The summed E-state index contributed by atoms with van der Waals surface area (Å²) in [6, 6.07) is 2.07. The molecule has 0 aliphatic carbocycles. The number of nitrogens with zero attached hydrogens (tertiary/aromatic N) is 6. The maximum atomic E-state index is 11.2. The fourth-order valence-corrected chi connectivity index (χ4v) is 4.44. The summed E-state index contributed by atoms with van der Waals surface area (Å²) in [5, 5.41) is 7.88. The van der Waals surface area contributed by atoms with Crippen molar-refractivity contribution in [2.24, 2.45) is 5.73 Å². The van der Waals surface area contributed by atoms with Gasteiger partial charge in [0.15, 0.2) is 5.82 Å². The topological polar surface area (TPSA) is 150 Å². The molecule has 0 atom stereocenters. The molecule has 0 saturated carbocycles. The molecule has 182 valence electrons. The van der Waals surface area contributed by atoms with Gasteiger partial charge >= 0.3 is 0 Å². The fourth-order valence-electron chi connectivity index (χ4n) is 4.44. The van der Waals surface area contributed by atoms with Crippen molar-refractivity contribution in [1.82, 2.24) is 29.6 Å². The Morgan fingerprint density at radius 3 is 2.76 bits per heavy atom.